The van der Waals surface area contributed by atoms with Gasteiger partial charge in [-0.15, -0.1) is 6.42 Å². The Balaban J connectivity index is 2.48. The molecule has 138 valence electrons. The number of aromatic nitrogens is 2. The number of carbonyl (C=O) groups is 1. The molecule has 1 aromatic carbocycles. The van der Waals surface area contributed by atoms with Crippen LogP contribution in [-0.4, -0.2) is 21.8 Å². The van der Waals surface area contributed by atoms with E-state index in [-0.39, 0.29) is 11.4 Å². The van der Waals surface area contributed by atoms with Gasteiger partial charge in [-0.1, -0.05) is 55.8 Å². The maximum absolute atomic E-state index is 11.0. The Hall–Kier alpha value is -3.23. The van der Waals surface area contributed by atoms with Crippen LogP contribution in [-0.2, 0) is 6.42 Å². The Morgan fingerprint density at radius 3 is 2.59 bits per heavy atom. The summed E-state index contributed by atoms with van der Waals surface area (Å²) in [6.07, 6.45) is 6.27. The first kappa shape index (κ1) is 20.1. The van der Waals surface area contributed by atoms with E-state index in [1.54, 1.807) is 0 Å². The number of benzene rings is 1. The van der Waals surface area contributed by atoms with Crippen LogP contribution in [0.25, 0.3) is 11.3 Å². The minimum Gasteiger partial charge on any atom is -0.350 e. The van der Waals surface area contributed by atoms with E-state index in [0.29, 0.717) is 22.5 Å². The highest BCUT2D eigenvalue weighted by molar-refractivity contribution is 7.99. The molecule has 1 heterocycles. The summed E-state index contributed by atoms with van der Waals surface area (Å²) in [6.45, 7) is 4.32. The SMILES string of the molecule is C#CCSc1nc(NNC(N)=O)c(C#N)c(-c2ccc(CC(C)C)cc2)n1. The highest BCUT2D eigenvalue weighted by Gasteiger charge is 2.17. The molecule has 4 N–H and O–H groups in total. The number of primary amides is 1. The number of terminal acetylenes is 1. The lowest BCUT2D eigenvalue weighted by atomic mass is 10.00. The van der Waals surface area contributed by atoms with Crippen molar-refractivity contribution in [3.05, 3.63) is 35.4 Å². The Morgan fingerprint density at radius 1 is 1.33 bits per heavy atom. The Bertz CT molecular complexity index is 896. The van der Waals surface area contributed by atoms with Crippen LogP contribution in [0, 0.1) is 29.6 Å². The first-order valence-electron chi connectivity index (χ1n) is 8.23. The minimum atomic E-state index is -0.796. The maximum Gasteiger partial charge on any atom is 0.330 e. The Morgan fingerprint density at radius 2 is 2.04 bits per heavy atom. The van der Waals surface area contributed by atoms with Gasteiger partial charge < -0.3 is 5.73 Å². The molecule has 0 bridgehead atoms. The number of nitriles is 1. The van der Waals surface area contributed by atoms with Crippen LogP contribution in [0.5, 0.6) is 0 Å². The molecule has 0 aliphatic heterocycles. The van der Waals surface area contributed by atoms with Gasteiger partial charge in [0.1, 0.15) is 11.6 Å². The van der Waals surface area contributed by atoms with Crippen molar-refractivity contribution in [2.24, 2.45) is 11.7 Å². The molecule has 0 fully saturated rings. The van der Waals surface area contributed by atoms with Gasteiger partial charge in [0.25, 0.3) is 0 Å². The van der Waals surface area contributed by atoms with Crippen LogP contribution in [0.15, 0.2) is 29.4 Å². The lowest BCUT2D eigenvalue weighted by Crippen LogP contribution is -2.35. The van der Waals surface area contributed by atoms with Gasteiger partial charge >= 0.3 is 6.03 Å². The average Bonchev–Trinajstić information content (AvgIpc) is 2.64. The number of nitrogens with two attached hydrogens (primary N) is 1. The van der Waals surface area contributed by atoms with Crippen molar-refractivity contribution in [1.29, 1.82) is 5.26 Å². The van der Waals surface area contributed by atoms with Crippen molar-refractivity contribution >= 4 is 23.6 Å². The van der Waals surface area contributed by atoms with E-state index in [0.717, 1.165) is 12.0 Å². The number of nitrogens with zero attached hydrogens (tertiary/aromatic N) is 3. The van der Waals surface area contributed by atoms with Gasteiger partial charge in [0, 0.05) is 5.56 Å². The van der Waals surface area contributed by atoms with E-state index in [1.807, 2.05) is 24.3 Å². The minimum absolute atomic E-state index is 0.159. The van der Waals surface area contributed by atoms with Gasteiger partial charge in [0.2, 0.25) is 0 Å². The second kappa shape index (κ2) is 9.46. The molecule has 7 nitrogen and oxygen atoms in total. The summed E-state index contributed by atoms with van der Waals surface area (Å²) < 4.78 is 0. The smallest absolute Gasteiger partial charge is 0.330 e. The third kappa shape index (κ3) is 5.63. The van der Waals surface area contributed by atoms with E-state index < -0.39 is 6.03 Å². The number of hydrogen-bond donors (Lipinski definition) is 3. The number of thioether (sulfide) groups is 1. The first-order valence-corrected chi connectivity index (χ1v) is 9.22. The predicted octanol–water partition coefficient (Wildman–Crippen LogP) is 2.93. The van der Waals surface area contributed by atoms with Gasteiger partial charge in [-0.05, 0) is 17.9 Å². The molecule has 0 saturated carbocycles. The quantitative estimate of drug-likeness (QED) is 0.294. The zero-order chi connectivity index (χ0) is 19.8. The standard InChI is InChI=1S/C19H20N6OS/c1-4-9-27-19-22-16(14-7-5-13(6-8-14)10-12(2)3)15(11-20)17(23-19)24-25-18(21)26/h1,5-8,12H,9-10H2,2-3H3,(H3,21,25,26)(H,22,23,24). The Kier molecular flexibility index (Phi) is 7.04. The molecule has 1 aromatic heterocycles. The molecule has 2 amide bonds. The van der Waals surface area contributed by atoms with Crippen LogP contribution in [0.1, 0.15) is 25.0 Å². The third-order valence-electron chi connectivity index (χ3n) is 3.46. The number of anilines is 1. The van der Waals surface area contributed by atoms with E-state index >= 15 is 0 Å². The average molecular weight is 380 g/mol. The molecule has 2 rings (SSSR count). The number of urea groups is 1. The van der Waals surface area contributed by atoms with Gasteiger partial charge in [-0.2, -0.15) is 5.26 Å². The van der Waals surface area contributed by atoms with Crippen LogP contribution in [0.3, 0.4) is 0 Å². The van der Waals surface area contributed by atoms with Gasteiger partial charge in [-0.25, -0.2) is 14.8 Å². The summed E-state index contributed by atoms with van der Waals surface area (Å²) in [5, 5.41) is 10.0. The fourth-order valence-electron chi connectivity index (χ4n) is 2.41. The van der Waals surface area contributed by atoms with Crippen LogP contribution >= 0.6 is 11.8 Å². The lowest BCUT2D eigenvalue weighted by molar-refractivity contribution is 0.250. The van der Waals surface area contributed by atoms with E-state index in [2.05, 4.69) is 46.7 Å². The molecule has 0 unspecified atom stereocenters. The Labute approximate surface area is 162 Å². The van der Waals surface area contributed by atoms with Crippen molar-refractivity contribution in [2.45, 2.75) is 25.4 Å². The molecular formula is C19H20N6OS. The summed E-state index contributed by atoms with van der Waals surface area (Å²) in [4.78, 5) is 19.7. The third-order valence-corrected chi connectivity index (χ3v) is 4.21. The number of carbonyl (C=O) groups excluding carboxylic acids is 1. The highest BCUT2D eigenvalue weighted by atomic mass is 32.2. The van der Waals surface area contributed by atoms with Gasteiger partial charge in [0.05, 0.1) is 11.4 Å². The molecule has 0 spiro atoms. The summed E-state index contributed by atoms with van der Waals surface area (Å²) in [7, 11) is 0. The van der Waals surface area contributed by atoms with E-state index in [4.69, 9.17) is 12.2 Å². The van der Waals surface area contributed by atoms with Gasteiger partial charge in [-0.3, -0.25) is 10.9 Å². The van der Waals surface area contributed by atoms with Crippen LogP contribution in [0.4, 0.5) is 10.6 Å². The largest absolute Gasteiger partial charge is 0.350 e. The maximum atomic E-state index is 11.0. The molecule has 0 atom stereocenters. The number of nitrogens with one attached hydrogen (secondary N) is 2. The summed E-state index contributed by atoms with van der Waals surface area (Å²) >= 11 is 1.26. The van der Waals surface area contributed by atoms with E-state index in [1.165, 1.54) is 17.3 Å². The zero-order valence-electron chi connectivity index (χ0n) is 15.1. The molecule has 27 heavy (non-hydrogen) atoms. The van der Waals surface area contributed by atoms with Gasteiger partial charge in [0.15, 0.2) is 11.0 Å². The molecule has 0 aliphatic carbocycles. The molecule has 2 aromatic rings. The first-order chi connectivity index (χ1) is 12.9. The molecule has 0 aliphatic rings. The number of amides is 2. The molecular weight excluding hydrogens is 360 g/mol. The van der Waals surface area contributed by atoms with Crippen LogP contribution < -0.4 is 16.6 Å². The molecule has 0 radical (unpaired) electrons. The second-order valence-corrected chi connectivity index (χ2v) is 7.03. The summed E-state index contributed by atoms with van der Waals surface area (Å²) in [5.41, 5.74) is 12.5. The fraction of sp³-hybridized carbons (Fsp3) is 0.263. The highest BCUT2D eigenvalue weighted by Crippen LogP contribution is 2.29. The fourth-order valence-corrected chi connectivity index (χ4v) is 2.93. The molecule has 8 heteroatoms. The number of hydrogen-bond acceptors (Lipinski definition) is 6. The van der Waals surface area contributed by atoms with Crippen molar-refractivity contribution < 1.29 is 4.79 Å². The number of rotatable bonds is 7. The second-order valence-electron chi connectivity index (χ2n) is 6.09. The van der Waals surface area contributed by atoms with E-state index in [9.17, 15) is 10.1 Å². The van der Waals surface area contributed by atoms with Crippen molar-refractivity contribution in [2.75, 3.05) is 11.2 Å². The van der Waals surface area contributed by atoms with Crippen LogP contribution in [0.2, 0.25) is 0 Å². The van der Waals surface area contributed by atoms with Crippen molar-refractivity contribution in [3.63, 3.8) is 0 Å². The zero-order valence-corrected chi connectivity index (χ0v) is 15.9. The summed E-state index contributed by atoms with van der Waals surface area (Å²) in [5.74, 6) is 3.59. The lowest BCUT2D eigenvalue weighted by Gasteiger charge is -2.13. The normalized spacial score (nSPS) is 10.1. The topological polar surface area (TPSA) is 117 Å². The van der Waals surface area contributed by atoms with Crippen molar-refractivity contribution in [3.8, 4) is 29.7 Å². The summed E-state index contributed by atoms with van der Waals surface area (Å²) in [6, 6.07) is 9.16. The monoisotopic (exact) mass is 380 g/mol. The number of hydrazine groups is 1. The predicted molar refractivity (Wildman–Crippen MR) is 107 cm³/mol. The molecule has 0 saturated heterocycles. The van der Waals surface area contributed by atoms with Crippen molar-refractivity contribution in [1.82, 2.24) is 15.4 Å².